The molecule has 120 valence electrons. The molecule has 0 aromatic carbocycles. The molecule has 2 atom stereocenters. The second-order valence-electron chi connectivity index (χ2n) is 5.78. The van der Waals surface area contributed by atoms with Crippen molar-refractivity contribution in [3.63, 3.8) is 0 Å². The summed E-state index contributed by atoms with van der Waals surface area (Å²) in [4.78, 5) is 8.42. The van der Waals surface area contributed by atoms with Crippen LogP contribution in [-0.4, -0.2) is 31.2 Å². The molecule has 23 heavy (non-hydrogen) atoms. The number of aliphatic hydroxyl groups is 1. The van der Waals surface area contributed by atoms with Crippen molar-refractivity contribution in [3.8, 4) is 0 Å². The van der Waals surface area contributed by atoms with Crippen LogP contribution in [0.2, 0.25) is 0 Å². The van der Waals surface area contributed by atoms with Gasteiger partial charge in [0, 0.05) is 48.5 Å². The smallest absolute Gasteiger partial charge is 0.155 e. The van der Waals surface area contributed by atoms with Gasteiger partial charge in [-0.05, 0) is 38.5 Å². The summed E-state index contributed by atoms with van der Waals surface area (Å²) in [6, 6.07) is 5.67. The van der Waals surface area contributed by atoms with Crippen molar-refractivity contribution in [3.05, 3.63) is 59.3 Å². The Morgan fingerprint density at radius 3 is 2.74 bits per heavy atom. The van der Waals surface area contributed by atoms with Crippen LogP contribution in [0.15, 0.2) is 36.8 Å². The van der Waals surface area contributed by atoms with Crippen LogP contribution in [0.3, 0.4) is 0 Å². The zero-order valence-corrected chi connectivity index (χ0v) is 13.6. The summed E-state index contributed by atoms with van der Waals surface area (Å²) in [7, 11) is 0. The Hall–Kier alpha value is -2.31. The molecule has 0 aliphatic heterocycles. The van der Waals surface area contributed by atoms with Gasteiger partial charge in [-0.15, -0.1) is 0 Å². The van der Waals surface area contributed by atoms with Crippen LogP contribution in [0.1, 0.15) is 41.6 Å². The van der Waals surface area contributed by atoms with E-state index in [0.29, 0.717) is 6.54 Å². The van der Waals surface area contributed by atoms with E-state index in [-0.39, 0.29) is 6.04 Å². The van der Waals surface area contributed by atoms with Gasteiger partial charge in [0.25, 0.3) is 0 Å². The summed E-state index contributed by atoms with van der Waals surface area (Å²) >= 11 is 0. The second-order valence-corrected chi connectivity index (χ2v) is 5.78. The summed E-state index contributed by atoms with van der Waals surface area (Å²) in [5, 5.41) is 18.1. The minimum Gasteiger partial charge on any atom is -0.387 e. The number of nitrogens with zero attached hydrogens (tertiary/aromatic N) is 4. The Balaban J connectivity index is 1.73. The van der Waals surface area contributed by atoms with E-state index < -0.39 is 6.10 Å². The van der Waals surface area contributed by atoms with Gasteiger partial charge < -0.3 is 10.4 Å². The Kier molecular flexibility index (Phi) is 4.36. The minimum absolute atomic E-state index is 0.0629. The maximum absolute atomic E-state index is 10.2. The predicted octanol–water partition coefficient (Wildman–Crippen LogP) is 2.13. The molecule has 6 nitrogen and oxygen atoms in total. The number of hydrogen-bond donors (Lipinski definition) is 2. The van der Waals surface area contributed by atoms with Crippen molar-refractivity contribution in [2.45, 2.75) is 32.9 Å². The van der Waals surface area contributed by atoms with Crippen molar-refractivity contribution < 1.29 is 5.11 Å². The topological polar surface area (TPSA) is 75.3 Å². The fraction of sp³-hybridized carbons (Fsp3) is 0.353. The molecule has 0 radical (unpaired) electrons. The minimum atomic E-state index is -0.565. The van der Waals surface area contributed by atoms with Gasteiger partial charge in [-0.2, -0.15) is 5.10 Å². The van der Waals surface area contributed by atoms with Crippen LogP contribution >= 0.6 is 0 Å². The van der Waals surface area contributed by atoms with Crippen LogP contribution in [0, 0.1) is 13.8 Å². The first-order valence-electron chi connectivity index (χ1n) is 7.69. The summed E-state index contributed by atoms with van der Waals surface area (Å²) in [5.41, 5.74) is 4.79. The van der Waals surface area contributed by atoms with E-state index in [4.69, 9.17) is 0 Å². The first-order valence-corrected chi connectivity index (χ1v) is 7.69. The lowest BCUT2D eigenvalue weighted by Gasteiger charge is -2.19. The largest absolute Gasteiger partial charge is 0.387 e. The van der Waals surface area contributed by atoms with Crippen LogP contribution in [0.5, 0.6) is 0 Å². The molecule has 3 aromatic heterocycles. The van der Waals surface area contributed by atoms with Crippen LogP contribution in [0.25, 0.3) is 5.65 Å². The second kappa shape index (κ2) is 6.44. The zero-order chi connectivity index (χ0) is 16.4. The van der Waals surface area contributed by atoms with Gasteiger partial charge >= 0.3 is 0 Å². The molecule has 6 heteroatoms. The van der Waals surface area contributed by atoms with Gasteiger partial charge in [0.1, 0.15) is 0 Å². The number of aryl methyl sites for hydroxylation is 2. The Labute approximate surface area is 135 Å². The van der Waals surface area contributed by atoms with E-state index in [1.54, 1.807) is 12.4 Å². The Morgan fingerprint density at radius 2 is 2.00 bits per heavy atom. The summed E-state index contributed by atoms with van der Waals surface area (Å²) in [6.07, 6.45) is 4.68. The number of nitrogens with one attached hydrogen (secondary N) is 1. The van der Waals surface area contributed by atoms with E-state index in [2.05, 4.69) is 27.3 Å². The highest BCUT2D eigenvalue weighted by Crippen LogP contribution is 2.19. The molecule has 0 spiro atoms. The van der Waals surface area contributed by atoms with Crippen LogP contribution < -0.4 is 5.32 Å². The van der Waals surface area contributed by atoms with Crippen LogP contribution in [-0.2, 0) is 0 Å². The molecule has 0 aliphatic carbocycles. The molecule has 0 fully saturated rings. The van der Waals surface area contributed by atoms with E-state index in [0.717, 1.165) is 28.2 Å². The van der Waals surface area contributed by atoms with Crippen molar-refractivity contribution in [1.82, 2.24) is 24.9 Å². The van der Waals surface area contributed by atoms with Gasteiger partial charge in [-0.25, -0.2) is 9.50 Å². The average Bonchev–Trinajstić information content (AvgIpc) is 2.95. The molecule has 0 saturated carbocycles. The summed E-state index contributed by atoms with van der Waals surface area (Å²) in [6.45, 7) is 6.51. The number of fused-ring (bicyclic) bond motifs is 1. The molecular formula is C17H21N5O. The maximum atomic E-state index is 10.2. The lowest BCUT2D eigenvalue weighted by molar-refractivity contribution is 0.170. The SMILES string of the molecule is Cc1cc2ncc(C(C)NCC(O)c3ccncc3)c(C)n2n1. The highest BCUT2D eigenvalue weighted by molar-refractivity contribution is 5.42. The Morgan fingerprint density at radius 1 is 1.26 bits per heavy atom. The highest BCUT2D eigenvalue weighted by Gasteiger charge is 2.15. The normalized spacial score (nSPS) is 14.1. The summed E-state index contributed by atoms with van der Waals surface area (Å²) < 4.78 is 1.86. The fourth-order valence-electron chi connectivity index (χ4n) is 2.70. The molecule has 0 bridgehead atoms. The molecule has 2 unspecified atom stereocenters. The number of hydrogen-bond acceptors (Lipinski definition) is 5. The number of aromatic nitrogens is 4. The third kappa shape index (κ3) is 3.23. The third-order valence-corrected chi connectivity index (χ3v) is 4.06. The van der Waals surface area contributed by atoms with Gasteiger partial charge in [0.05, 0.1) is 11.8 Å². The zero-order valence-electron chi connectivity index (χ0n) is 13.6. The third-order valence-electron chi connectivity index (χ3n) is 4.06. The number of rotatable bonds is 5. The lowest BCUT2D eigenvalue weighted by Crippen LogP contribution is -2.26. The Bertz CT molecular complexity index is 799. The van der Waals surface area contributed by atoms with E-state index in [1.807, 2.05) is 42.8 Å². The van der Waals surface area contributed by atoms with E-state index >= 15 is 0 Å². The molecule has 0 amide bonds. The number of aliphatic hydroxyl groups excluding tert-OH is 1. The highest BCUT2D eigenvalue weighted by atomic mass is 16.3. The van der Waals surface area contributed by atoms with Crippen LogP contribution in [0.4, 0.5) is 0 Å². The lowest BCUT2D eigenvalue weighted by atomic mass is 10.1. The number of pyridine rings is 1. The van der Waals surface area contributed by atoms with Crippen molar-refractivity contribution >= 4 is 5.65 Å². The van der Waals surface area contributed by atoms with Crippen molar-refractivity contribution in [1.29, 1.82) is 0 Å². The first kappa shape index (κ1) is 15.6. The van der Waals surface area contributed by atoms with Gasteiger partial charge in [0.15, 0.2) is 5.65 Å². The molecule has 3 rings (SSSR count). The average molecular weight is 311 g/mol. The van der Waals surface area contributed by atoms with Gasteiger partial charge in [-0.3, -0.25) is 4.98 Å². The van der Waals surface area contributed by atoms with E-state index in [9.17, 15) is 5.11 Å². The molecule has 2 N–H and O–H groups in total. The molecule has 3 heterocycles. The summed E-state index contributed by atoms with van der Waals surface area (Å²) in [5.74, 6) is 0. The fourth-order valence-corrected chi connectivity index (χ4v) is 2.70. The standard InChI is InChI=1S/C17H21N5O/c1-11-8-17-20-9-15(13(3)22(17)21-11)12(2)19-10-16(23)14-4-6-18-7-5-14/h4-9,12,16,19,23H,10H2,1-3H3. The molecule has 0 aliphatic rings. The monoisotopic (exact) mass is 311 g/mol. The predicted molar refractivity (Wildman–Crippen MR) is 88.1 cm³/mol. The maximum Gasteiger partial charge on any atom is 0.155 e. The first-order chi connectivity index (χ1) is 11.1. The van der Waals surface area contributed by atoms with Crippen molar-refractivity contribution in [2.75, 3.05) is 6.54 Å². The van der Waals surface area contributed by atoms with E-state index in [1.165, 1.54) is 0 Å². The quantitative estimate of drug-likeness (QED) is 0.755. The molecule has 0 saturated heterocycles. The van der Waals surface area contributed by atoms with Crippen molar-refractivity contribution in [2.24, 2.45) is 0 Å². The molecular weight excluding hydrogens is 290 g/mol. The van der Waals surface area contributed by atoms with Gasteiger partial charge in [-0.1, -0.05) is 0 Å². The van der Waals surface area contributed by atoms with Gasteiger partial charge in [0.2, 0.25) is 0 Å². The molecule has 3 aromatic rings.